The van der Waals surface area contributed by atoms with Gasteiger partial charge in [-0.15, -0.1) is 0 Å². The zero-order valence-electron chi connectivity index (χ0n) is 58.0. The molecule has 5 aromatic rings. The third kappa shape index (κ3) is 20.6. The Morgan fingerprint density at radius 2 is 1.12 bits per heavy atom. The number of piperidine rings is 1. The number of carbonyl (C=O) groups is 7. The standard InChI is InChI=1S/C72H99N6O15PSi2/c1-15-48(2)62-70(86)91-49(3)63(76-66(82)60(93-96(13,14)72(7,8)9)47-90-94(87,88-45-53-32-24-18-25-33-53)89-46-54-34-26-19-27-35-54)67(83)74-57(42-50-28-20-16-21-29-50)64(80)73-56-40-41-61(79)78(68(56)84)59(44-51-30-22-17-23-31-51)69(85)77(10)58(65(81)75-62)43-52-36-38-55(39-37-52)92-95(11,12)71(4,5)6/h16-39,48-49,56-63,79H,15,40-47H2,1-14H3,(H,73,80)(H,74,83)(H,75,81)(H,76,82)/t48-,49+,56-,57-,58-,59-,60-,61+,62-,63-/m0/s1. The number of rotatable bonds is 23. The summed E-state index contributed by atoms with van der Waals surface area (Å²) in [7, 11) is -8.45. The van der Waals surface area contributed by atoms with Crippen LogP contribution in [0.4, 0.5) is 0 Å². The SMILES string of the molecule is CC[C@H](C)[C@@H]1NC(=O)[C@H](Cc2ccc(O[Si](C)(C)C(C)(C)C)cc2)N(C)C(=O)[C@H](Cc2ccccc2)N2C(=O)[C@H](CC[C@H]2O)NC(=O)[C@H](Cc2ccccc2)NC(=O)[C@@H](NC(=O)[C@H](COP(=O)(OCc2ccccc2)OCc2ccccc2)O[Si](C)(C)C(C)(C)C)[C@@H](C)OC1=O. The predicted octanol–water partition coefficient (Wildman–Crippen LogP) is 10.1. The van der Waals surface area contributed by atoms with E-state index in [-0.39, 0.29) is 50.4 Å². The molecule has 6 amide bonds. The maximum absolute atomic E-state index is 15.6. The molecule has 7 rings (SSSR count). The molecule has 5 N–H and O–H groups in total. The number of amides is 6. The lowest BCUT2D eigenvalue weighted by molar-refractivity contribution is -0.165. The fraction of sp³-hybridized carbons (Fsp3) is 0.486. The van der Waals surface area contributed by atoms with E-state index in [0.29, 0.717) is 40.0 Å². The van der Waals surface area contributed by atoms with Gasteiger partial charge in [0, 0.05) is 26.3 Å². The first-order chi connectivity index (χ1) is 45.2. The average Bonchev–Trinajstić information content (AvgIpc) is 0.886. The zero-order valence-corrected chi connectivity index (χ0v) is 60.9. The number of phosphoric acid groups is 1. The largest absolute Gasteiger partial charge is 0.544 e. The predicted molar refractivity (Wildman–Crippen MR) is 372 cm³/mol. The van der Waals surface area contributed by atoms with Gasteiger partial charge in [-0.05, 0) is 102 Å². The van der Waals surface area contributed by atoms with Gasteiger partial charge in [0.15, 0.2) is 8.32 Å². The summed E-state index contributed by atoms with van der Waals surface area (Å²) in [6.45, 7) is 24.0. The summed E-state index contributed by atoms with van der Waals surface area (Å²) >= 11 is 0. The third-order valence-corrected chi connectivity index (χ3v) is 29.1. The maximum atomic E-state index is 15.6. The smallest absolute Gasteiger partial charge is 0.475 e. The van der Waals surface area contributed by atoms with Gasteiger partial charge in [-0.3, -0.25) is 42.3 Å². The van der Waals surface area contributed by atoms with Crippen molar-refractivity contribution in [1.82, 2.24) is 31.1 Å². The number of phosphoric ester groups is 1. The number of fused-ring (bicyclic) bond motifs is 2. The average molecular weight is 1380 g/mol. The summed E-state index contributed by atoms with van der Waals surface area (Å²) in [5.74, 6) is -6.14. The van der Waals surface area contributed by atoms with Gasteiger partial charge in [-0.2, -0.15) is 0 Å². The first-order valence-electron chi connectivity index (χ1n) is 33.0. The number of ether oxygens (including phenoxy) is 1. The van der Waals surface area contributed by atoms with Crippen molar-refractivity contribution >= 4 is 65.9 Å². The summed E-state index contributed by atoms with van der Waals surface area (Å²) < 4.78 is 52.4. The Morgan fingerprint density at radius 3 is 1.64 bits per heavy atom. The number of nitrogens with one attached hydrogen (secondary N) is 4. The molecule has 2 heterocycles. The minimum absolute atomic E-state index is 0.0711. The Labute approximate surface area is 568 Å². The quantitative estimate of drug-likeness (QED) is 0.0231. The Kier molecular flexibility index (Phi) is 26.3. The summed E-state index contributed by atoms with van der Waals surface area (Å²) in [5.41, 5.74) is 3.12. The van der Waals surface area contributed by atoms with Gasteiger partial charge in [0.25, 0.3) is 5.91 Å². The number of carbonyl (C=O) groups excluding carboxylic acids is 7. The van der Waals surface area contributed by atoms with Crippen LogP contribution in [0.1, 0.15) is 109 Å². The molecule has 5 aromatic carbocycles. The Balaban J connectivity index is 1.32. The van der Waals surface area contributed by atoms with Crippen molar-refractivity contribution < 1.29 is 70.4 Å². The molecule has 0 aromatic heterocycles. The molecule has 96 heavy (non-hydrogen) atoms. The Morgan fingerprint density at radius 1 is 0.635 bits per heavy atom. The number of aliphatic hydroxyl groups excluding tert-OH is 1. The van der Waals surface area contributed by atoms with Gasteiger partial charge in [0.2, 0.25) is 37.9 Å². The molecule has 520 valence electrons. The second kappa shape index (κ2) is 33.3. The van der Waals surface area contributed by atoms with Gasteiger partial charge in [0.05, 0.1) is 19.8 Å². The Hall–Kier alpha value is -7.35. The van der Waals surface area contributed by atoms with E-state index < -0.39 is 138 Å². The molecule has 2 aliphatic heterocycles. The zero-order chi connectivity index (χ0) is 70.3. The summed E-state index contributed by atoms with van der Waals surface area (Å²) in [4.78, 5) is 110. The van der Waals surface area contributed by atoms with Crippen molar-refractivity contribution in [2.45, 2.75) is 205 Å². The molecule has 0 radical (unpaired) electrons. The molecule has 0 unspecified atom stereocenters. The van der Waals surface area contributed by atoms with Crippen LogP contribution in [-0.2, 0) is 93.3 Å². The van der Waals surface area contributed by atoms with E-state index in [9.17, 15) is 9.67 Å². The molecular weight excluding hydrogens is 1280 g/mol. The minimum Gasteiger partial charge on any atom is -0.544 e. The minimum atomic E-state index is -4.57. The number of hydrogen-bond acceptors (Lipinski definition) is 15. The van der Waals surface area contributed by atoms with E-state index in [0.717, 1.165) is 4.90 Å². The molecule has 2 bridgehead atoms. The van der Waals surface area contributed by atoms with E-state index in [1.807, 2.05) is 65.1 Å². The third-order valence-electron chi connectivity index (χ3n) is 18.9. The fourth-order valence-corrected chi connectivity index (χ4v) is 14.0. The van der Waals surface area contributed by atoms with Crippen LogP contribution in [0, 0.1) is 5.92 Å². The van der Waals surface area contributed by atoms with Gasteiger partial charge in [-0.1, -0.05) is 195 Å². The lowest BCUT2D eigenvalue weighted by atomic mass is 9.95. The number of nitrogens with zero attached hydrogens (tertiary/aromatic N) is 2. The summed E-state index contributed by atoms with van der Waals surface area (Å²) in [5, 5.41) is 22.6. The van der Waals surface area contributed by atoms with Crippen LogP contribution in [0.2, 0.25) is 36.3 Å². The molecule has 24 heteroatoms. The van der Waals surface area contributed by atoms with Gasteiger partial charge in [-0.25, -0.2) is 9.36 Å². The highest BCUT2D eigenvalue weighted by atomic mass is 31.2. The molecule has 2 saturated heterocycles. The summed E-state index contributed by atoms with van der Waals surface area (Å²) in [6.07, 6.45) is -4.95. The van der Waals surface area contributed by atoms with Gasteiger partial charge in [0.1, 0.15) is 60.4 Å². The topological polar surface area (TPSA) is 267 Å². The lowest BCUT2D eigenvalue weighted by Gasteiger charge is -2.43. The molecular formula is C72H99N6O15PSi2. The highest BCUT2D eigenvalue weighted by Gasteiger charge is 2.48. The number of benzene rings is 5. The van der Waals surface area contributed by atoms with Gasteiger partial charge >= 0.3 is 13.8 Å². The molecule has 21 nitrogen and oxygen atoms in total. The monoisotopic (exact) mass is 1370 g/mol. The highest BCUT2D eigenvalue weighted by molar-refractivity contribution is 7.48. The van der Waals surface area contributed by atoms with E-state index in [4.69, 9.17) is 27.2 Å². The second-order valence-electron chi connectivity index (χ2n) is 28.1. The van der Waals surface area contributed by atoms with Crippen LogP contribution < -0.4 is 25.7 Å². The summed E-state index contributed by atoms with van der Waals surface area (Å²) in [6, 6.07) is 33.8. The molecule has 0 saturated carbocycles. The van der Waals surface area contributed by atoms with Crippen molar-refractivity contribution in [2.24, 2.45) is 5.92 Å². The van der Waals surface area contributed by atoms with Crippen LogP contribution in [0.25, 0.3) is 0 Å². The van der Waals surface area contributed by atoms with Gasteiger partial charge < -0.3 is 49.8 Å². The van der Waals surface area contributed by atoms with Crippen molar-refractivity contribution in [3.63, 3.8) is 0 Å². The van der Waals surface area contributed by atoms with Crippen LogP contribution >= 0.6 is 7.82 Å². The molecule has 0 aliphatic carbocycles. The maximum Gasteiger partial charge on any atom is 0.475 e. The van der Waals surface area contributed by atoms with E-state index in [2.05, 4.69) is 55.1 Å². The molecule has 2 aliphatic rings. The number of aliphatic hydroxyl groups is 1. The lowest BCUT2D eigenvalue weighted by Crippen LogP contribution is -2.65. The molecule has 2 fully saturated rings. The van der Waals surface area contributed by atoms with Crippen LogP contribution in [0.15, 0.2) is 146 Å². The van der Waals surface area contributed by atoms with Crippen LogP contribution in [0.5, 0.6) is 5.75 Å². The molecule has 0 spiro atoms. The van der Waals surface area contributed by atoms with Crippen molar-refractivity contribution in [1.29, 1.82) is 0 Å². The van der Waals surface area contributed by atoms with Crippen molar-refractivity contribution in [3.8, 4) is 5.75 Å². The normalized spacial score (nSPS) is 22.3. The first-order valence-corrected chi connectivity index (χ1v) is 40.3. The van der Waals surface area contributed by atoms with Crippen LogP contribution in [-0.4, -0.2) is 141 Å². The second-order valence-corrected chi connectivity index (χ2v) is 39.3. The fourth-order valence-electron chi connectivity index (χ4n) is 10.6. The Bertz CT molecular complexity index is 3420. The number of esters is 1. The van der Waals surface area contributed by atoms with Crippen LogP contribution in [0.3, 0.4) is 0 Å². The number of hydrogen-bond donors (Lipinski definition) is 5. The van der Waals surface area contributed by atoms with Crippen molar-refractivity contribution in [3.05, 3.63) is 173 Å². The van der Waals surface area contributed by atoms with E-state index in [1.54, 1.807) is 128 Å². The molecule has 10 atom stereocenters. The first kappa shape index (κ1) is 76.0. The number of likely N-dealkylation sites (N-methyl/N-ethyl adjacent to an activating group) is 1. The van der Waals surface area contributed by atoms with E-state index in [1.165, 1.54) is 18.9 Å². The highest BCUT2D eigenvalue weighted by Crippen LogP contribution is 2.51. The van der Waals surface area contributed by atoms with Crippen molar-refractivity contribution in [2.75, 3.05) is 13.7 Å². The van der Waals surface area contributed by atoms with E-state index >= 15 is 33.6 Å². The number of cyclic esters (lactones) is 1.